The van der Waals surface area contributed by atoms with Crippen LogP contribution in [0.4, 0.5) is 0 Å². The zero-order valence-corrected chi connectivity index (χ0v) is 15.3. The molecule has 3 rings (SSSR count). The molecule has 2 aromatic carbocycles. The van der Waals surface area contributed by atoms with Crippen LogP contribution < -0.4 is 17.2 Å². The maximum atomic E-state index is 10.8. The van der Waals surface area contributed by atoms with Crippen LogP contribution >= 0.6 is 0 Å². The van der Waals surface area contributed by atoms with Gasteiger partial charge in [-0.3, -0.25) is 9.59 Å². The van der Waals surface area contributed by atoms with Gasteiger partial charge in [-0.25, -0.2) is 0 Å². The number of carbonyl (C=O) groups excluding carboxylic acids is 1. The average Bonchev–Trinajstić information content (AvgIpc) is 3.10. The number of primary amides is 1. The standard InChI is InChI=1S/C11H12N2O2.C10H12N2O/c12-9(11(14)15)5-7-6-13-10-4-2-1-3-8(7)10;1-7(10(12)13)9(11)8-5-3-2-4-6-8/h1-4,6,9,13H,5,12H2,(H,14,15);2-6,9H,1,11H2,(H2,12,13). The number of H-pyrrole nitrogens is 1. The summed E-state index contributed by atoms with van der Waals surface area (Å²) in [5, 5.41) is 9.75. The Morgan fingerprint density at radius 3 is 2.25 bits per heavy atom. The molecule has 146 valence electrons. The Bertz CT molecular complexity index is 966. The smallest absolute Gasteiger partial charge is 0.320 e. The fraction of sp³-hybridized carbons (Fsp3) is 0.143. The fourth-order valence-electron chi connectivity index (χ4n) is 2.64. The molecule has 0 aliphatic heterocycles. The summed E-state index contributed by atoms with van der Waals surface area (Å²) in [5.41, 5.74) is 19.3. The van der Waals surface area contributed by atoms with E-state index in [4.69, 9.17) is 22.3 Å². The number of benzene rings is 2. The highest BCUT2D eigenvalue weighted by Crippen LogP contribution is 2.18. The highest BCUT2D eigenvalue weighted by molar-refractivity contribution is 5.92. The molecule has 0 saturated carbocycles. The maximum Gasteiger partial charge on any atom is 0.320 e. The van der Waals surface area contributed by atoms with Crippen molar-refractivity contribution in [2.75, 3.05) is 0 Å². The number of carbonyl (C=O) groups is 2. The minimum Gasteiger partial charge on any atom is -0.480 e. The van der Waals surface area contributed by atoms with Crippen molar-refractivity contribution in [2.45, 2.75) is 18.5 Å². The van der Waals surface area contributed by atoms with Gasteiger partial charge in [0.15, 0.2) is 0 Å². The predicted molar refractivity (Wildman–Crippen MR) is 109 cm³/mol. The molecule has 7 nitrogen and oxygen atoms in total. The van der Waals surface area contributed by atoms with Crippen molar-refractivity contribution in [3.05, 3.63) is 84.1 Å². The Morgan fingerprint density at radius 1 is 1.04 bits per heavy atom. The number of aromatic amines is 1. The fourth-order valence-corrected chi connectivity index (χ4v) is 2.64. The molecular formula is C21H24N4O3. The lowest BCUT2D eigenvalue weighted by atomic mass is 10.0. The van der Waals surface area contributed by atoms with E-state index >= 15 is 0 Å². The lowest BCUT2D eigenvalue weighted by molar-refractivity contribution is -0.138. The molecule has 2 unspecified atom stereocenters. The second-order valence-corrected chi connectivity index (χ2v) is 6.29. The van der Waals surface area contributed by atoms with Gasteiger partial charge in [-0.05, 0) is 17.2 Å². The highest BCUT2D eigenvalue weighted by Gasteiger charge is 2.14. The number of aliphatic carboxylic acids is 1. The van der Waals surface area contributed by atoms with Crippen LogP contribution in [0.25, 0.3) is 10.9 Å². The summed E-state index contributed by atoms with van der Waals surface area (Å²) < 4.78 is 0. The SMILES string of the molecule is C=C(C(N)=O)C(N)c1ccccc1.NC(Cc1c[nH]c2ccccc12)C(=O)O. The van der Waals surface area contributed by atoms with Gasteiger partial charge in [-0.2, -0.15) is 0 Å². The number of hydrogen-bond acceptors (Lipinski definition) is 4. The first-order valence-electron chi connectivity index (χ1n) is 8.63. The van der Waals surface area contributed by atoms with Gasteiger partial charge in [-0.15, -0.1) is 0 Å². The van der Waals surface area contributed by atoms with Crippen molar-refractivity contribution in [1.82, 2.24) is 4.98 Å². The van der Waals surface area contributed by atoms with Crippen molar-refractivity contribution in [3.8, 4) is 0 Å². The number of amides is 1. The molecule has 0 saturated heterocycles. The lowest BCUT2D eigenvalue weighted by Crippen LogP contribution is -2.32. The van der Waals surface area contributed by atoms with Gasteiger partial charge in [0.05, 0.1) is 6.04 Å². The van der Waals surface area contributed by atoms with E-state index in [1.807, 2.05) is 60.8 Å². The number of nitrogens with one attached hydrogen (secondary N) is 1. The van der Waals surface area contributed by atoms with E-state index in [9.17, 15) is 9.59 Å². The largest absolute Gasteiger partial charge is 0.480 e. The second-order valence-electron chi connectivity index (χ2n) is 6.29. The Hall–Kier alpha value is -3.42. The van der Waals surface area contributed by atoms with E-state index in [2.05, 4.69) is 11.6 Å². The minimum absolute atomic E-state index is 0.228. The van der Waals surface area contributed by atoms with Crippen molar-refractivity contribution in [1.29, 1.82) is 0 Å². The van der Waals surface area contributed by atoms with E-state index in [1.165, 1.54) is 0 Å². The summed E-state index contributed by atoms with van der Waals surface area (Å²) in [7, 11) is 0. The normalized spacial score (nSPS) is 12.5. The van der Waals surface area contributed by atoms with Crippen molar-refractivity contribution in [3.63, 3.8) is 0 Å². The van der Waals surface area contributed by atoms with Gasteiger partial charge >= 0.3 is 5.97 Å². The van der Waals surface area contributed by atoms with Gasteiger partial charge in [0.2, 0.25) is 5.91 Å². The molecule has 1 aromatic heterocycles. The summed E-state index contributed by atoms with van der Waals surface area (Å²) in [6, 6.07) is 15.7. The zero-order valence-electron chi connectivity index (χ0n) is 15.3. The van der Waals surface area contributed by atoms with Crippen molar-refractivity contribution in [2.24, 2.45) is 17.2 Å². The number of carboxylic acid groups (broad SMARTS) is 1. The van der Waals surface area contributed by atoms with Crippen LogP contribution in [-0.4, -0.2) is 28.0 Å². The first kappa shape index (κ1) is 20.9. The number of rotatable bonds is 6. The monoisotopic (exact) mass is 380 g/mol. The molecule has 1 heterocycles. The number of hydrogen-bond donors (Lipinski definition) is 5. The van der Waals surface area contributed by atoms with Gasteiger partial charge < -0.3 is 27.3 Å². The van der Waals surface area contributed by atoms with Crippen LogP contribution in [0.15, 0.2) is 72.9 Å². The second kappa shape index (κ2) is 9.50. The number of nitrogens with two attached hydrogens (primary N) is 3. The lowest BCUT2D eigenvalue weighted by Gasteiger charge is -2.11. The Balaban J connectivity index is 0.000000203. The van der Waals surface area contributed by atoms with Crippen LogP contribution in [0.3, 0.4) is 0 Å². The molecule has 0 spiro atoms. The summed E-state index contributed by atoms with van der Waals surface area (Å²) in [5.74, 6) is -1.53. The number of aromatic nitrogens is 1. The predicted octanol–water partition coefficient (Wildman–Crippen LogP) is 1.85. The number of fused-ring (bicyclic) bond motifs is 1. The Labute approximate surface area is 162 Å². The Kier molecular flexibility index (Phi) is 7.08. The zero-order chi connectivity index (χ0) is 20.7. The molecule has 0 aliphatic rings. The molecule has 28 heavy (non-hydrogen) atoms. The van der Waals surface area contributed by atoms with Gasteiger partial charge in [0, 0.05) is 29.1 Å². The summed E-state index contributed by atoms with van der Waals surface area (Å²) in [6.07, 6.45) is 2.16. The first-order valence-corrected chi connectivity index (χ1v) is 8.63. The average molecular weight is 380 g/mol. The van der Waals surface area contributed by atoms with E-state index < -0.39 is 24.0 Å². The van der Waals surface area contributed by atoms with Crippen LogP contribution in [0.5, 0.6) is 0 Å². The third-order valence-corrected chi connectivity index (χ3v) is 4.28. The molecule has 0 fully saturated rings. The van der Waals surface area contributed by atoms with Gasteiger partial charge in [-0.1, -0.05) is 55.1 Å². The number of para-hydroxylation sites is 1. The summed E-state index contributed by atoms with van der Waals surface area (Å²) >= 11 is 0. The third kappa shape index (κ3) is 5.29. The van der Waals surface area contributed by atoms with E-state index in [0.29, 0.717) is 6.42 Å². The number of carboxylic acids is 1. The minimum atomic E-state index is -0.972. The van der Waals surface area contributed by atoms with E-state index in [-0.39, 0.29) is 5.57 Å². The van der Waals surface area contributed by atoms with Gasteiger partial charge in [0.25, 0.3) is 0 Å². The van der Waals surface area contributed by atoms with Crippen molar-refractivity contribution < 1.29 is 14.7 Å². The molecule has 1 amide bonds. The summed E-state index contributed by atoms with van der Waals surface area (Å²) in [4.78, 5) is 24.5. The summed E-state index contributed by atoms with van der Waals surface area (Å²) in [6.45, 7) is 3.53. The van der Waals surface area contributed by atoms with Crippen LogP contribution in [0, 0.1) is 0 Å². The quantitative estimate of drug-likeness (QED) is 0.414. The molecule has 8 N–H and O–H groups in total. The van der Waals surface area contributed by atoms with Crippen molar-refractivity contribution >= 4 is 22.8 Å². The van der Waals surface area contributed by atoms with Gasteiger partial charge in [0.1, 0.15) is 6.04 Å². The molecule has 0 bridgehead atoms. The van der Waals surface area contributed by atoms with Crippen LogP contribution in [0.2, 0.25) is 0 Å². The molecule has 0 radical (unpaired) electrons. The highest BCUT2D eigenvalue weighted by atomic mass is 16.4. The molecule has 7 heteroatoms. The molecule has 2 atom stereocenters. The molecular weight excluding hydrogens is 356 g/mol. The van der Waals surface area contributed by atoms with E-state index in [1.54, 1.807) is 0 Å². The topological polar surface area (TPSA) is 148 Å². The molecule has 3 aromatic rings. The van der Waals surface area contributed by atoms with E-state index in [0.717, 1.165) is 22.0 Å². The van der Waals surface area contributed by atoms with Crippen LogP contribution in [0.1, 0.15) is 17.2 Å². The Morgan fingerprint density at radius 2 is 1.64 bits per heavy atom. The maximum absolute atomic E-state index is 10.8. The molecule has 0 aliphatic carbocycles. The third-order valence-electron chi connectivity index (χ3n) is 4.28. The van der Waals surface area contributed by atoms with Crippen LogP contribution in [-0.2, 0) is 16.0 Å². The first-order chi connectivity index (χ1) is 13.3.